The Hall–Kier alpha value is -0.780. The third-order valence-electron chi connectivity index (χ3n) is 3.31. The number of nitrogens with zero attached hydrogens (tertiary/aromatic N) is 2. The molecule has 0 amide bonds. The highest BCUT2D eigenvalue weighted by molar-refractivity contribution is 9.10. The minimum atomic E-state index is -4.06. The van der Waals surface area contributed by atoms with Crippen molar-refractivity contribution in [2.75, 3.05) is 18.0 Å². The number of alkyl halides is 3. The average Bonchev–Trinajstić information content (AvgIpc) is 2.32. The van der Waals surface area contributed by atoms with Gasteiger partial charge in [0.15, 0.2) is 0 Å². The second kappa shape index (κ2) is 5.07. The van der Waals surface area contributed by atoms with E-state index in [1.54, 1.807) is 6.20 Å². The van der Waals surface area contributed by atoms with E-state index in [9.17, 15) is 13.2 Å². The Labute approximate surface area is 112 Å². The molecule has 1 aromatic heterocycles. The minimum absolute atomic E-state index is 0.153. The molecule has 100 valence electrons. The van der Waals surface area contributed by atoms with Gasteiger partial charge in [-0.25, -0.2) is 4.98 Å². The molecule has 2 rings (SSSR count). The van der Waals surface area contributed by atoms with Gasteiger partial charge < -0.3 is 4.90 Å². The molecule has 1 fully saturated rings. The first-order chi connectivity index (χ1) is 8.38. The molecule has 2 heterocycles. The Morgan fingerprint density at radius 1 is 1.33 bits per heavy atom. The summed E-state index contributed by atoms with van der Waals surface area (Å²) in [5.41, 5.74) is 1.04. The highest BCUT2D eigenvalue weighted by Crippen LogP contribution is 2.35. The van der Waals surface area contributed by atoms with Crippen LogP contribution in [0.5, 0.6) is 0 Å². The van der Waals surface area contributed by atoms with Crippen LogP contribution in [0, 0.1) is 12.8 Å². The number of piperidine rings is 1. The second-order valence-electron chi connectivity index (χ2n) is 4.59. The Morgan fingerprint density at radius 3 is 2.44 bits per heavy atom. The molecule has 1 aliphatic heterocycles. The lowest BCUT2D eigenvalue weighted by Crippen LogP contribution is -2.39. The second-order valence-corrected chi connectivity index (χ2v) is 5.45. The van der Waals surface area contributed by atoms with Gasteiger partial charge in [-0.05, 0) is 47.3 Å². The van der Waals surface area contributed by atoms with E-state index in [4.69, 9.17) is 0 Å². The van der Waals surface area contributed by atoms with E-state index in [1.807, 2.05) is 17.9 Å². The molecule has 18 heavy (non-hydrogen) atoms. The third kappa shape index (κ3) is 2.96. The predicted octanol–water partition coefficient (Wildman–Crippen LogP) is 3.93. The van der Waals surface area contributed by atoms with Gasteiger partial charge in [0.25, 0.3) is 0 Å². The highest BCUT2D eigenvalue weighted by atomic mass is 79.9. The molecule has 0 aliphatic carbocycles. The number of rotatable bonds is 1. The van der Waals surface area contributed by atoms with Crippen LogP contribution in [0.1, 0.15) is 18.4 Å². The molecule has 0 atom stereocenters. The normalized spacial score (nSPS) is 18.2. The highest BCUT2D eigenvalue weighted by Gasteiger charge is 2.41. The summed E-state index contributed by atoms with van der Waals surface area (Å²) in [6.07, 6.45) is -2.06. The van der Waals surface area contributed by atoms with Gasteiger partial charge in [-0.2, -0.15) is 13.2 Å². The van der Waals surface area contributed by atoms with Crippen LogP contribution < -0.4 is 4.90 Å². The summed E-state index contributed by atoms with van der Waals surface area (Å²) in [4.78, 5) is 6.17. The summed E-state index contributed by atoms with van der Waals surface area (Å²) in [6.45, 7) is 2.77. The monoisotopic (exact) mass is 322 g/mol. The molecule has 0 radical (unpaired) electrons. The SMILES string of the molecule is Cc1cc(N2CCC(C(F)(F)F)CC2)ncc1Br. The molecule has 6 heteroatoms. The van der Waals surface area contributed by atoms with Crippen molar-refractivity contribution in [2.45, 2.75) is 25.9 Å². The molecule has 1 saturated heterocycles. The Bertz CT molecular complexity index is 426. The largest absolute Gasteiger partial charge is 0.391 e. The first kappa shape index (κ1) is 13.6. The van der Waals surface area contributed by atoms with Crippen LogP contribution in [0.3, 0.4) is 0 Å². The number of aryl methyl sites for hydroxylation is 1. The lowest BCUT2D eigenvalue weighted by Gasteiger charge is -2.33. The molecule has 0 N–H and O–H groups in total. The van der Waals surface area contributed by atoms with Crippen LogP contribution in [-0.2, 0) is 0 Å². The van der Waals surface area contributed by atoms with E-state index in [-0.39, 0.29) is 12.8 Å². The zero-order valence-electron chi connectivity index (χ0n) is 9.97. The van der Waals surface area contributed by atoms with E-state index >= 15 is 0 Å². The van der Waals surface area contributed by atoms with Crippen LogP contribution in [0.2, 0.25) is 0 Å². The van der Waals surface area contributed by atoms with Gasteiger partial charge in [-0.15, -0.1) is 0 Å². The summed E-state index contributed by atoms with van der Waals surface area (Å²) in [7, 11) is 0. The van der Waals surface area contributed by atoms with Gasteiger partial charge in [0.1, 0.15) is 5.82 Å². The van der Waals surface area contributed by atoms with Gasteiger partial charge in [-0.1, -0.05) is 0 Å². The standard InChI is InChI=1S/C12H14BrF3N2/c1-8-6-11(17-7-10(8)13)18-4-2-9(3-5-18)12(14,15)16/h6-7,9H,2-5H2,1H3. The lowest BCUT2D eigenvalue weighted by atomic mass is 9.96. The molecule has 0 spiro atoms. The fourth-order valence-corrected chi connectivity index (χ4v) is 2.35. The maximum Gasteiger partial charge on any atom is 0.391 e. The zero-order chi connectivity index (χ0) is 13.3. The molecule has 0 aromatic carbocycles. The van der Waals surface area contributed by atoms with E-state index in [0.29, 0.717) is 13.1 Å². The van der Waals surface area contributed by atoms with Crippen molar-refractivity contribution in [1.82, 2.24) is 4.98 Å². The van der Waals surface area contributed by atoms with Crippen LogP contribution >= 0.6 is 15.9 Å². The summed E-state index contributed by atoms with van der Waals surface area (Å²) < 4.78 is 38.6. The fraction of sp³-hybridized carbons (Fsp3) is 0.583. The van der Waals surface area contributed by atoms with Crippen LogP contribution in [0.4, 0.5) is 19.0 Å². The van der Waals surface area contributed by atoms with E-state index < -0.39 is 12.1 Å². The van der Waals surface area contributed by atoms with Crippen molar-refractivity contribution in [3.05, 3.63) is 22.3 Å². The lowest BCUT2D eigenvalue weighted by molar-refractivity contribution is -0.179. The van der Waals surface area contributed by atoms with Crippen molar-refractivity contribution in [3.8, 4) is 0 Å². The van der Waals surface area contributed by atoms with Crippen LogP contribution in [-0.4, -0.2) is 24.2 Å². The maximum absolute atomic E-state index is 12.5. The number of hydrogen-bond donors (Lipinski definition) is 0. The topological polar surface area (TPSA) is 16.1 Å². The fourth-order valence-electron chi connectivity index (χ4n) is 2.13. The maximum atomic E-state index is 12.5. The van der Waals surface area contributed by atoms with Gasteiger partial charge in [0, 0.05) is 23.8 Å². The van der Waals surface area contributed by atoms with Gasteiger partial charge in [-0.3, -0.25) is 0 Å². The molecule has 0 unspecified atom stereocenters. The van der Waals surface area contributed by atoms with E-state index in [1.165, 1.54) is 0 Å². The predicted molar refractivity (Wildman–Crippen MR) is 67.7 cm³/mol. The summed E-state index contributed by atoms with van der Waals surface area (Å²) >= 11 is 3.36. The van der Waals surface area contributed by atoms with Crippen molar-refractivity contribution >= 4 is 21.7 Å². The van der Waals surface area contributed by atoms with E-state index in [2.05, 4.69) is 20.9 Å². The smallest absolute Gasteiger partial charge is 0.357 e. The number of aromatic nitrogens is 1. The summed E-state index contributed by atoms with van der Waals surface area (Å²) in [5, 5.41) is 0. The van der Waals surface area contributed by atoms with Crippen molar-refractivity contribution in [3.63, 3.8) is 0 Å². The Balaban J connectivity index is 2.03. The molecule has 1 aliphatic rings. The first-order valence-corrected chi connectivity index (χ1v) is 6.61. The average molecular weight is 323 g/mol. The van der Waals surface area contributed by atoms with Crippen molar-refractivity contribution in [2.24, 2.45) is 5.92 Å². The zero-order valence-corrected chi connectivity index (χ0v) is 11.6. The van der Waals surface area contributed by atoms with Crippen LogP contribution in [0.25, 0.3) is 0 Å². The van der Waals surface area contributed by atoms with Gasteiger partial charge in [0.2, 0.25) is 0 Å². The van der Waals surface area contributed by atoms with Crippen molar-refractivity contribution in [1.29, 1.82) is 0 Å². The molecule has 1 aromatic rings. The summed E-state index contributed by atoms with van der Waals surface area (Å²) in [5.74, 6) is -0.401. The molecule has 0 bridgehead atoms. The van der Waals surface area contributed by atoms with Crippen LogP contribution in [0.15, 0.2) is 16.7 Å². The number of halogens is 4. The number of pyridine rings is 1. The Morgan fingerprint density at radius 2 is 1.94 bits per heavy atom. The molecule has 2 nitrogen and oxygen atoms in total. The number of hydrogen-bond acceptors (Lipinski definition) is 2. The Kier molecular flexibility index (Phi) is 3.84. The van der Waals surface area contributed by atoms with Gasteiger partial charge >= 0.3 is 6.18 Å². The molecule has 0 saturated carbocycles. The van der Waals surface area contributed by atoms with Crippen molar-refractivity contribution < 1.29 is 13.2 Å². The molecular formula is C12H14BrF3N2. The molecular weight excluding hydrogens is 309 g/mol. The number of anilines is 1. The summed E-state index contributed by atoms with van der Waals surface area (Å²) in [6, 6.07) is 1.90. The minimum Gasteiger partial charge on any atom is -0.357 e. The van der Waals surface area contributed by atoms with Gasteiger partial charge in [0.05, 0.1) is 5.92 Å². The third-order valence-corrected chi connectivity index (χ3v) is 4.14. The quantitative estimate of drug-likeness (QED) is 0.778. The van der Waals surface area contributed by atoms with E-state index in [0.717, 1.165) is 15.9 Å². The first-order valence-electron chi connectivity index (χ1n) is 5.81.